The molecule has 0 amide bonds. The summed E-state index contributed by atoms with van der Waals surface area (Å²) < 4.78 is 0. The molecule has 0 unspecified atom stereocenters. The van der Waals surface area contributed by atoms with Gasteiger partial charge in [0, 0.05) is 13.6 Å². The van der Waals surface area contributed by atoms with Crippen LogP contribution in [0.15, 0.2) is 0 Å². The highest BCUT2D eigenvalue weighted by molar-refractivity contribution is 4.67. The Morgan fingerprint density at radius 2 is 2.10 bits per heavy atom. The SMILES string of the molecule is CC(C)CCCN(C)C#N. The van der Waals surface area contributed by atoms with E-state index in [1.54, 1.807) is 4.90 Å². The minimum atomic E-state index is 0.757. The van der Waals surface area contributed by atoms with Crippen LogP contribution in [-0.4, -0.2) is 18.5 Å². The van der Waals surface area contributed by atoms with Crippen molar-refractivity contribution in [3.63, 3.8) is 0 Å². The molecule has 0 atom stereocenters. The number of nitrogens with zero attached hydrogens (tertiary/aromatic N) is 2. The first-order valence-electron chi connectivity index (χ1n) is 3.77. The number of rotatable bonds is 4. The summed E-state index contributed by atoms with van der Waals surface area (Å²) >= 11 is 0. The molecule has 0 fully saturated rings. The predicted molar refractivity (Wildman–Crippen MR) is 42.3 cm³/mol. The van der Waals surface area contributed by atoms with Gasteiger partial charge in [-0.1, -0.05) is 13.8 Å². The maximum Gasteiger partial charge on any atom is 0.179 e. The summed E-state index contributed by atoms with van der Waals surface area (Å²) in [5.41, 5.74) is 0. The van der Waals surface area contributed by atoms with Crippen molar-refractivity contribution in [2.75, 3.05) is 13.6 Å². The first kappa shape index (κ1) is 9.29. The smallest absolute Gasteiger partial charge is 0.179 e. The molecule has 0 heterocycles. The second-order valence-electron chi connectivity index (χ2n) is 3.06. The first-order chi connectivity index (χ1) is 4.66. The van der Waals surface area contributed by atoms with Crippen LogP contribution in [0, 0.1) is 17.4 Å². The minimum absolute atomic E-state index is 0.757. The fraction of sp³-hybridized carbons (Fsp3) is 0.875. The molecule has 0 aliphatic heterocycles. The third kappa shape index (κ3) is 5.43. The monoisotopic (exact) mass is 140 g/mol. The number of hydrogen-bond acceptors (Lipinski definition) is 2. The zero-order valence-electron chi connectivity index (χ0n) is 7.09. The van der Waals surface area contributed by atoms with Crippen molar-refractivity contribution in [2.24, 2.45) is 5.92 Å². The van der Waals surface area contributed by atoms with E-state index in [0.29, 0.717) is 0 Å². The van der Waals surface area contributed by atoms with E-state index < -0.39 is 0 Å². The van der Waals surface area contributed by atoms with Crippen molar-refractivity contribution in [1.29, 1.82) is 5.26 Å². The van der Waals surface area contributed by atoms with Crippen molar-refractivity contribution >= 4 is 0 Å². The van der Waals surface area contributed by atoms with Gasteiger partial charge in [-0.15, -0.1) is 0 Å². The Hall–Kier alpha value is -0.710. The van der Waals surface area contributed by atoms with Crippen molar-refractivity contribution in [2.45, 2.75) is 26.7 Å². The largest absolute Gasteiger partial charge is 0.314 e. The molecular formula is C8H16N2. The standard InChI is InChI=1S/C8H16N2/c1-8(2)5-4-6-10(3)7-9/h8H,4-6H2,1-3H3. The highest BCUT2D eigenvalue weighted by Gasteiger charge is 1.95. The van der Waals surface area contributed by atoms with Crippen LogP contribution in [0.1, 0.15) is 26.7 Å². The highest BCUT2D eigenvalue weighted by atomic mass is 15.1. The summed E-state index contributed by atoms with van der Waals surface area (Å²) in [7, 11) is 1.82. The van der Waals surface area contributed by atoms with E-state index in [9.17, 15) is 0 Å². The molecule has 0 bridgehead atoms. The molecule has 0 rings (SSSR count). The van der Waals surface area contributed by atoms with Gasteiger partial charge in [-0.05, 0) is 18.8 Å². The fourth-order valence-electron chi connectivity index (χ4n) is 0.787. The lowest BCUT2D eigenvalue weighted by molar-refractivity contribution is 0.426. The van der Waals surface area contributed by atoms with Gasteiger partial charge in [0.2, 0.25) is 0 Å². The van der Waals surface area contributed by atoms with Crippen molar-refractivity contribution in [3.8, 4) is 6.19 Å². The lowest BCUT2D eigenvalue weighted by Crippen LogP contribution is -2.12. The summed E-state index contributed by atoms with van der Waals surface area (Å²) in [6.45, 7) is 5.30. The zero-order chi connectivity index (χ0) is 7.98. The van der Waals surface area contributed by atoms with Crippen LogP contribution in [0.25, 0.3) is 0 Å². The summed E-state index contributed by atoms with van der Waals surface area (Å²) in [5, 5.41) is 8.38. The van der Waals surface area contributed by atoms with Crippen LogP contribution in [0.4, 0.5) is 0 Å². The van der Waals surface area contributed by atoms with E-state index in [1.807, 2.05) is 7.05 Å². The van der Waals surface area contributed by atoms with E-state index in [2.05, 4.69) is 20.0 Å². The van der Waals surface area contributed by atoms with Crippen LogP contribution in [-0.2, 0) is 0 Å². The van der Waals surface area contributed by atoms with Gasteiger partial charge in [0.1, 0.15) is 0 Å². The van der Waals surface area contributed by atoms with Gasteiger partial charge >= 0.3 is 0 Å². The van der Waals surface area contributed by atoms with Gasteiger partial charge in [0.25, 0.3) is 0 Å². The Labute approximate surface area is 63.4 Å². The van der Waals surface area contributed by atoms with Gasteiger partial charge in [0.05, 0.1) is 0 Å². The molecule has 10 heavy (non-hydrogen) atoms. The molecule has 0 saturated heterocycles. The maximum atomic E-state index is 8.38. The lowest BCUT2D eigenvalue weighted by atomic mass is 10.1. The molecule has 0 aromatic rings. The average Bonchev–Trinajstić information content (AvgIpc) is 1.87. The Morgan fingerprint density at radius 1 is 1.50 bits per heavy atom. The van der Waals surface area contributed by atoms with E-state index in [4.69, 9.17) is 5.26 Å². The fourth-order valence-corrected chi connectivity index (χ4v) is 0.787. The summed E-state index contributed by atoms with van der Waals surface area (Å²) in [5.74, 6) is 0.757. The van der Waals surface area contributed by atoms with E-state index >= 15 is 0 Å². The van der Waals surface area contributed by atoms with Crippen molar-refractivity contribution in [1.82, 2.24) is 4.90 Å². The van der Waals surface area contributed by atoms with Gasteiger partial charge in [-0.2, -0.15) is 5.26 Å². The molecule has 2 nitrogen and oxygen atoms in total. The molecule has 0 radical (unpaired) electrons. The summed E-state index contributed by atoms with van der Waals surface area (Å²) in [6.07, 6.45) is 4.41. The molecule has 2 heteroatoms. The Kier molecular flexibility index (Phi) is 4.74. The van der Waals surface area contributed by atoms with Crippen LogP contribution >= 0.6 is 0 Å². The molecule has 0 aliphatic rings. The topological polar surface area (TPSA) is 27.0 Å². The zero-order valence-corrected chi connectivity index (χ0v) is 7.09. The van der Waals surface area contributed by atoms with Gasteiger partial charge in [-0.25, -0.2) is 0 Å². The highest BCUT2D eigenvalue weighted by Crippen LogP contribution is 2.03. The van der Waals surface area contributed by atoms with Crippen LogP contribution < -0.4 is 0 Å². The second kappa shape index (κ2) is 5.10. The Balaban J connectivity index is 3.13. The molecule has 0 aromatic heterocycles. The number of hydrogen-bond donors (Lipinski definition) is 0. The Morgan fingerprint density at radius 3 is 2.50 bits per heavy atom. The lowest BCUT2D eigenvalue weighted by Gasteiger charge is -2.08. The first-order valence-corrected chi connectivity index (χ1v) is 3.77. The predicted octanol–water partition coefficient (Wildman–Crippen LogP) is 1.84. The third-order valence-corrected chi connectivity index (χ3v) is 1.45. The van der Waals surface area contributed by atoms with Crippen LogP contribution in [0.2, 0.25) is 0 Å². The van der Waals surface area contributed by atoms with E-state index in [0.717, 1.165) is 18.9 Å². The summed E-state index contributed by atoms with van der Waals surface area (Å²) in [4.78, 5) is 1.67. The molecule has 0 N–H and O–H groups in total. The normalized spacial score (nSPS) is 9.50. The van der Waals surface area contributed by atoms with Crippen LogP contribution in [0.5, 0.6) is 0 Å². The molecule has 0 aromatic carbocycles. The van der Waals surface area contributed by atoms with E-state index in [1.165, 1.54) is 6.42 Å². The van der Waals surface area contributed by atoms with Gasteiger partial charge in [0.15, 0.2) is 6.19 Å². The second-order valence-corrected chi connectivity index (χ2v) is 3.06. The molecule has 0 spiro atoms. The quantitative estimate of drug-likeness (QED) is 0.440. The minimum Gasteiger partial charge on any atom is -0.314 e. The van der Waals surface area contributed by atoms with Gasteiger partial charge < -0.3 is 4.90 Å². The molecular weight excluding hydrogens is 124 g/mol. The van der Waals surface area contributed by atoms with Gasteiger partial charge in [-0.3, -0.25) is 0 Å². The Bertz CT molecular complexity index is 113. The van der Waals surface area contributed by atoms with E-state index in [-0.39, 0.29) is 0 Å². The van der Waals surface area contributed by atoms with Crippen molar-refractivity contribution in [3.05, 3.63) is 0 Å². The van der Waals surface area contributed by atoms with Crippen LogP contribution in [0.3, 0.4) is 0 Å². The average molecular weight is 140 g/mol. The maximum absolute atomic E-state index is 8.38. The molecule has 58 valence electrons. The van der Waals surface area contributed by atoms with Crippen molar-refractivity contribution < 1.29 is 0 Å². The number of nitriles is 1. The molecule has 0 saturated carbocycles. The third-order valence-electron chi connectivity index (χ3n) is 1.45. The summed E-state index contributed by atoms with van der Waals surface area (Å²) in [6, 6.07) is 0. The molecule has 0 aliphatic carbocycles.